The lowest BCUT2D eigenvalue weighted by atomic mass is 10.1. The minimum absolute atomic E-state index is 0. The first-order valence-electron chi connectivity index (χ1n) is 13.9. The number of thiazole rings is 1. The maximum Gasteiger partial charge on any atom is 0.255 e. The van der Waals surface area contributed by atoms with Crippen molar-refractivity contribution in [1.29, 1.82) is 0 Å². The van der Waals surface area contributed by atoms with Crippen molar-refractivity contribution in [3.8, 4) is 5.75 Å². The normalized spacial score (nSPS) is 10.7. The molecule has 1 N–H and O–H groups in total. The lowest BCUT2D eigenvalue weighted by Gasteiger charge is -2.12. The zero-order valence-electron chi connectivity index (χ0n) is 22.6. The summed E-state index contributed by atoms with van der Waals surface area (Å²) in [6.07, 6.45) is 17.7. The second kappa shape index (κ2) is 19.2. The molecule has 0 fully saturated rings. The molecule has 0 bridgehead atoms. The van der Waals surface area contributed by atoms with E-state index in [2.05, 4.69) is 22.3 Å². The fourth-order valence-electron chi connectivity index (χ4n) is 4.40. The molecular weight excluding hydrogens is 580 g/mol. The fraction of sp³-hybridized carbons (Fsp3) is 0.484. The van der Waals surface area contributed by atoms with Gasteiger partial charge in [-0.25, -0.2) is 0 Å². The standard InChI is InChI=1S/C31H41ClN2O2S.BrH/c1-2-3-4-5-6-7-8-9-10-11-12-15-21-36-30-23-26(18-19-28(30)32)31(35)33-29-17-14-13-16-27(29)24-34-20-22-37-25-34;/h13-14,16-20,22-23,25H,2-12,15,21,24H2,1H3;1H. The van der Waals surface area contributed by atoms with Crippen LogP contribution in [-0.4, -0.2) is 12.5 Å². The molecule has 0 aliphatic rings. The summed E-state index contributed by atoms with van der Waals surface area (Å²) < 4.78 is 8.05. The summed E-state index contributed by atoms with van der Waals surface area (Å²) in [5, 5.41) is 5.62. The zero-order valence-corrected chi connectivity index (χ0v) is 25.8. The number of halogens is 2. The van der Waals surface area contributed by atoms with Crippen LogP contribution in [0.15, 0.2) is 59.6 Å². The maximum absolute atomic E-state index is 13.0. The third-order valence-electron chi connectivity index (χ3n) is 6.59. The fourth-order valence-corrected chi connectivity index (χ4v) is 5.17. The highest BCUT2D eigenvalue weighted by molar-refractivity contribution is 7.07. The number of ether oxygens (including phenoxy) is 1. The van der Waals surface area contributed by atoms with Crippen LogP contribution >= 0.6 is 22.9 Å². The molecule has 1 heterocycles. The number of hydrogen-bond donors (Lipinski definition) is 1. The van der Waals surface area contributed by atoms with Crippen molar-refractivity contribution in [3.05, 3.63) is 75.7 Å². The van der Waals surface area contributed by atoms with Crippen LogP contribution < -0.4 is 31.6 Å². The second-order valence-electron chi connectivity index (χ2n) is 9.69. The number of carbonyl (C=O) groups is 1. The predicted molar refractivity (Wildman–Crippen MR) is 156 cm³/mol. The molecule has 2 aromatic carbocycles. The van der Waals surface area contributed by atoms with Gasteiger partial charge >= 0.3 is 0 Å². The van der Waals surface area contributed by atoms with E-state index in [9.17, 15) is 4.79 Å². The molecule has 208 valence electrons. The number of anilines is 1. The molecule has 3 aromatic rings. The third kappa shape index (κ3) is 11.9. The van der Waals surface area contributed by atoms with Gasteiger partial charge in [0.05, 0.1) is 22.7 Å². The van der Waals surface area contributed by atoms with Crippen LogP contribution in [0.3, 0.4) is 0 Å². The van der Waals surface area contributed by atoms with Gasteiger partial charge in [-0.1, -0.05) is 119 Å². The van der Waals surface area contributed by atoms with E-state index < -0.39 is 0 Å². The average molecular weight is 622 g/mol. The molecule has 7 heteroatoms. The van der Waals surface area contributed by atoms with Crippen LogP contribution in [0.2, 0.25) is 5.02 Å². The van der Waals surface area contributed by atoms with Crippen LogP contribution in [0.5, 0.6) is 5.75 Å². The number of nitrogens with one attached hydrogen (secondary N) is 1. The highest BCUT2D eigenvalue weighted by Gasteiger charge is 2.14. The minimum Gasteiger partial charge on any atom is -1.00 e. The first-order chi connectivity index (χ1) is 18.2. The molecule has 0 radical (unpaired) electrons. The van der Waals surface area contributed by atoms with Crippen molar-refractivity contribution in [3.63, 3.8) is 0 Å². The van der Waals surface area contributed by atoms with Gasteiger partial charge in [-0.05, 0) is 30.7 Å². The molecule has 0 unspecified atom stereocenters. The Morgan fingerprint density at radius 1 is 0.921 bits per heavy atom. The molecule has 1 amide bonds. The lowest BCUT2D eigenvalue weighted by Crippen LogP contribution is -3.00. The van der Waals surface area contributed by atoms with E-state index in [0.29, 0.717) is 29.5 Å². The zero-order chi connectivity index (χ0) is 26.1. The Kier molecular flexibility index (Phi) is 16.3. The summed E-state index contributed by atoms with van der Waals surface area (Å²) in [6.45, 7) is 3.58. The van der Waals surface area contributed by atoms with Crippen LogP contribution in [0.1, 0.15) is 99.9 Å². The van der Waals surface area contributed by atoms with E-state index in [1.165, 1.54) is 64.2 Å². The van der Waals surface area contributed by atoms with Gasteiger partial charge in [0.25, 0.3) is 5.91 Å². The summed E-state index contributed by atoms with van der Waals surface area (Å²) in [6, 6.07) is 13.1. The van der Waals surface area contributed by atoms with E-state index in [-0.39, 0.29) is 22.9 Å². The Hall–Kier alpha value is -1.89. The predicted octanol–water partition coefficient (Wildman–Crippen LogP) is 6.07. The van der Waals surface area contributed by atoms with E-state index in [1.807, 2.05) is 35.8 Å². The van der Waals surface area contributed by atoms with Gasteiger partial charge in [0.1, 0.15) is 5.75 Å². The first-order valence-corrected chi connectivity index (χ1v) is 15.2. The maximum atomic E-state index is 13.0. The van der Waals surface area contributed by atoms with E-state index in [1.54, 1.807) is 29.5 Å². The van der Waals surface area contributed by atoms with Crippen molar-refractivity contribution >= 4 is 34.5 Å². The molecule has 0 saturated carbocycles. The summed E-state index contributed by atoms with van der Waals surface area (Å²) in [7, 11) is 0. The number of rotatable bonds is 18. The van der Waals surface area contributed by atoms with Gasteiger partial charge in [0.15, 0.2) is 12.7 Å². The van der Waals surface area contributed by atoms with Crippen molar-refractivity contribution in [2.45, 2.75) is 90.5 Å². The van der Waals surface area contributed by atoms with Crippen molar-refractivity contribution in [1.82, 2.24) is 0 Å². The van der Waals surface area contributed by atoms with Gasteiger partial charge < -0.3 is 27.0 Å². The summed E-state index contributed by atoms with van der Waals surface area (Å²) in [5.41, 5.74) is 4.45. The van der Waals surface area contributed by atoms with Gasteiger partial charge in [-0.3, -0.25) is 4.79 Å². The van der Waals surface area contributed by atoms with Crippen molar-refractivity contribution < 1.29 is 31.1 Å². The van der Waals surface area contributed by atoms with Gasteiger partial charge in [0.2, 0.25) is 5.51 Å². The van der Waals surface area contributed by atoms with Crippen molar-refractivity contribution in [2.75, 3.05) is 11.9 Å². The topological polar surface area (TPSA) is 42.2 Å². The molecule has 0 saturated heterocycles. The number of benzene rings is 2. The Bertz CT molecular complexity index is 1060. The Balaban J connectivity index is 0.00000507. The van der Waals surface area contributed by atoms with Gasteiger partial charge in [-0.15, -0.1) is 0 Å². The number of para-hydroxylation sites is 1. The molecule has 0 atom stereocenters. The van der Waals surface area contributed by atoms with Gasteiger partial charge in [0, 0.05) is 11.1 Å². The molecule has 38 heavy (non-hydrogen) atoms. The monoisotopic (exact) mass is 620 g/mol. The molecule has 0 aliphatic heterocycles. The largest absolute Gasteiger partial charge is 1.00 e. The van der Waals surface area contributed by atoms with Gasteiger partial charge in [-0.2, -0.15) is 4.57 Å². The summed E-state index contributed by atoms with van der Waals surface area (Å²) in [5.74, 6) is 0.397. The summed E-state index contributed by atoms with van der Waals surface area (Å²) >= 11 is 8.00. The van der Waals surface area contributed by atoms with E-state index in [0.717, 1.165) is 24.1 Å². The Morgan fingerprint density at radius 3 is 2.24 bits per heavy atom. The molecule has 0 spiro atoms. The lowest BCUT2D eigenvalue weighted by molar-refractivity contribution is -0.683. The smallest absolute Gasteiger partial charge is 0.255 e. The highest BCUT2D eigenvalue weighted by atomic mass is 79.9. The molecule has 4 nitrogen and oxygen atoms in total. The second-order valence-corrected chi connectivity index (χ2v) is 10.9. The van der Waals surface area contributed by atoms with E-state index >= 15 is 0 Å². The van der Waals surface area contributed by atoms with E-state index in [4.69, 9.17) is 16.3 Å². The third-order valence-corrected chi connectivity index (χ3v) is 7.58. The Labute approximate surface area is 248 Å². The SMILES string of the molecule is CCCCCCCCCCCCCCOc1cc(C(=O)Nc2ccccc2C[n+]2ccsc2)ccc1Cl.[Br-]. The molecule has 0 aliphatic carbocycles. The molecule has 1 aromatic heterocycles. The Morgan fingerprint density at radius 2 is 1.58 bits per heavy atom. The first kappa shape index (κ1) is 32.3. The van der Waals surface area contributed by atoms with Crippen LogP contribution in [-0.2, 0) is 6.54 Å². The number of aromatic nitrogens is 1. The van der Waals surface area contributed by atoms with Crippen LogP contribution in [0.4, 0.5) is 5.69 Å². The quantitative estimate of drug-likeness (QED) is 0.138. The number of hydrogen-bond acceptors (Lipinski definition) is 3. The molecule has 3 rings (SSSR count). The van der Waals surface area contributed by atoms with Crippen LogP contribution in [0, 0.1) is 0 Å². The average Bonchev–Trinajstić information content (AvgIpc) is 3.42. The summed E-state index contributed by atoms with van der Waals surface area (Å²) in [4.78, 5) is 13.0. The highest BCUT2D eigenvalue weighted by Crippen LogP contribution is 2.27. The minimum atomic E-state index is -0.172. The molecular formula is C31H42BrClN2O2S. The van der Waals surface area contributed by atoms with Crippen molar-refractivity contribution in [2.24, 2.45) is 0 Å². The number of carbonyl (C=O) groups excluding carboxylic acids is 1. The number of amides is 1. The number of nitrogens with zero attached hydrogens (tertiary/aromatic N) is 1. The van der Waals surface area contributed by atoms with Crippen LogP contribution in [0.25, 0.3) is 0 Å². The number of unbranched alkanes of at least 4 members (excludes halogenated alkanes) is 11.